The highest BCUT2D eigenvalue weighted by Crippen LogP contribution is 2.23. The van der Waals surface area contributed by atoms with Crippen LogP contribution in [0.15, 0.2) is 36.4 Å². The van der Waals surface area contributed by atoms with E-state index in [0.717, 1.165) is 17.2 Å². The molecule has 3 nitrogen and oxygen atoms in total. The van der Waals surface area contributed by atoms with Gasteiger partial charge in [0.25, 0.3) is 0 Å². The van der Waals surface area contributed by atoms with Crippen molar-refractivity contribution in [3.05, 3.63) is 42.0 Å². The molecule has 108 valence electrons. The number of rotatable bonds is 7. The van der Waals surface area contributed by atoms with Gasteiger partial charge in [-0.3, -0.25) is 0 Å². The predicted octanol–water partition coefficient (Wildman–Crippen LogP) is 4.14. The van der Waals surface area contributed by atoms with Crippen LogP contribution < -0.4 is 4.18 Å². The Balaban J connectivity index is 2.08. The Hall–Kier alpha value is -1.39. The third kappa shape index (κ3) is 4.32. The summed E-state index contributed by atoms with van der Waals surface area (Å²) in [7, 11) is 0. The zero-order chi connectivity index (χ0) is 14.4. The van der Waals surface area contributed by atoms with Crippen LogP contribution in [-0.2, 0) is 17.8 Å². The van der Waals surface area contributed by atoms with Crippen molar-refractivity contribution >= 4 is 22.1 Å². The van der Waals surface area contributed by atoms with Crippen LogP contribution in [-0.4, -0.2) is 8.76 Å². The number of hydrogen-bond acceptors (Lipinski definition) is 3. The Kier molecular flexibility index (Phi) is 5.56. The summed E-state index contributed by atoms with van der Waals surface area (Å²) in [4.78, 5) is 0. The fourth-order valence-corrected chi connectivity index (χ4v) is 2.58. The normalized spacial score (nSPS) is 12.5. The number of aryl methyl sites for hydroxylation is 1. The van der Waals surface area contributed by atoms with E-state index in [2.05, 4.69) is 23.2 Å². The molecule has 2 aromatic carbocycles. The fraction of sp³-hybridized carbons (Fsp3) is 0.375. The molecule has 2 rings (SSSR count). The summed E-state index contributed by atoms with van der Waals surface area (Å²) in [5, 5.41) is 2.10. The minimum Gasteiger partial charge on any atom is -0.740 e. The van der Waals surface area contributed by atoms with Crippen molar-refractivity contribution in [2.75, 3.05) is 0 Å². The standard InChI is InChI=1S/C16H20O3S/c1-2-3-4-5-6-13-7-8-15-12-16(19-20(17)18)10-9-14(15)11-13/h7-12H,2-6H2,1H3,(H,17,18)/p-1. The summed E-state index contributed by atoms with van der Waals surface area (Å²) >= 11 is -2.52. The molecule has 0 heterocycles. The second-order valence-corrected chi connectivity index (χ2v) is 5.52. The van der Waals surface area contributed by atoms with Crippen molar-refractivity contribution < 1.29 is 12.9 Å². The Morgan fingerprint density at radius 2 is 1.80 bits per heavy atom. The van der Waals surface area contributed by atoms with E-state index in [4.69, 9.17) is 0 Å². The molecule has 0 N–H and O–H groups in total. The van der Waals surface area contributed by atoms with Crippen LogP contribution in [0.2, 0.25) is 0 Å². The average molecular weight is 291 g/mol. The largest absolute Gasteiger partial charge is 0.740 e. The first-order valence-corrected chi connectivity index (χ1v) is 7.99. The molecule has 0 aliphatic carbocycles. The number of fused-ring (bicyclic) bond motifs is 1. The highest BCUT2D eigenvalue weighted by Gasteiger charge is 2.00. The van der Waals surface area contributed by atoms with Crippen LogP contribution in [0.25, 0.3) is 10.8 Å². The van der Waals surface area contributed by atoms with E-state index in [1.165, 1.54) is 31.2 Å². The molecule has 0 radical (unpaired) electrons. The molecular weight excluding hydrogens is 272 g/mol. The van der Waals surface area contributed by atoms with Crippen molar-refractivity contribution in [2.24, 2.45) is 0 Å². The maximum atomic E-state index is 10.5. The average Bonchev–Trinajstić information content (AvgIpc) is 2.43. The topological polar surface area (TPSA) is 49.4 Å². The van der Waals surface area contributed by atoms with E-state index in [0.29, 0.717) is 5.75 Å². The van der Waals surface area contributed by atoms with E-state index in [1.54, 1.807) is 12.1 Å². The van der Waals surface area contributed by atoms with Crippen LogP contribution in [0, 0.1) is 0 Å². The lowest BCUT2D eigenvalue weighted by Crippen LogP contribution is -1.97. The minimum absolute atomic E-state index is 0.349. The van der Waals surface area contributed by atoms with Gasteiger partial charge in [-0.05, 0) is 41.3 Å². The third-order valence-electron chi connectivity index (χ3n) is 3.36. The number of benzene rings is 2. The van der Waals surface area contributed by atoms with Crippen LogP contribution in [0.1, 0.15) is 38.2 Å². The van der Waals surface area contributed by atoms with Gasteiger partial charge in [-0.25, -0.2) is 4.21 Å². The van der Waals surface area contributed by atoms with E-state index >= 15 is 0 Å². The second kappa shape index (κ2) is 7.41. The summed E-state index contributed by atoms with van der Waals surface area (Å²) in [6.07, 6.45) is 6.13. The van der Waals surface area contributed by atoms with Crippen molar-refractivity contribution in [3.63, 3.8) is 0 Å². The predicted molar refractivity (Wildman–Crippen MR) is 81.3 cm³/mol. The molecule has 0 aliphatic heterocycles. The zero-order valence-electron chi connectivity index (χ0n) is 11.6. The van der Waals surface area contributed by atoms with Crippen molar-refractivity contribution in [3.8, 4) is 5.75 Å². The molecule has 4 heteroatoms. The highest BCUT2D eigenvalue weighted by atomic mass is 32.2. The van der Waals surface area contributed by atoms with Gasteiger partial charge in [-0.15, -0.1) is 0 Å². The molecule has 1 atom stereocenters. The van der Waals surface area contributed by atoms with Gasteiger partial charge in [0.05, 0.1) is 0 Å². The van der Waals surface area contributed by atoms with Gasteiger partial charge in [0.15, 0.2) is 0 Å². The molecule has 0 aromatic heterocycles. The molecule has 0 bridgehead atoms. The van der Waals surface area contributed by atoms with Crippen molar-refractivity contribution in [1.29, 1.82) is 0 Å². The molecule has 1 unspecified atom stereocenters. The number of unbranched alkanes of at least 4 members (excludes halogenated alkanes) is 3. The molecule has 2 aromatic rings. The first-order chi connectivity index (χ1) is 9.69. The van der Waals surface area contributed by atoms with Gasteiger partial charge in [0.1, 0.15) is 17.1 Å². The maximum absolute atomic E-state index is 10.5. The van der Waals surface area contributed by atoms with Gasteiger partial charge in [-0.2, -0.15) is 0 Å². The van der Waals surface area contributed by atoms with Crippen molar-refractivity contribution in [1.82, 2.24) is 0 Å². The minimum atomic E-state index is -2.52. The zero-order valence-corrected chi connectivity index (χ0v) is 12.4. The molecule has 20 heavy (non-hydrogen) atoms. The van der Waals surface area contributed by atoms with Gasteiger partial charge in [0, 0.05) is 0 Å². The summed E-state index contributed by atoms with van der Waals surface area (Å²) in [6, 6.07) is 11.6. The van der Waals surface area contributed by atoms with Crippen LogP contribution in [0.3, 0.4) is 0 Å². The smallest absolute Gasteiger partial charge is 0.139 e. The lowest BCUT2D eigenvalue weighted by Gasteiger charge is -2.09. The van der Waals surface area contributed by atoms with Crippen LogP contribution in [0.5, 0.6) is 5.75 Å². The Morgan fingerprint density at radius 1 is 1.05 bits per heavy atom. The summed E-state index contributed by atoms with van der Waals surface area (Å²) in [5.41, 5.74) is 1.33. The van der Waals surface area contributed by atoms with Gasteiger partial charge in [-0.1, -0.05) is 50.5 Å². The Labute approximate surface area is 122 Å². The Bertz CT molecular complexity index is 595. The van der Waals surface area contributed by atoms with Crippen molar-refractivity contribution in [2.45, 2.75) is 39.0 Å². The van der Waals surface area contributed by atoms with Gasteiger partial charge in [0.2, 0.25) is 0 Å². The van der Waals surface area contributed by atoms with Crippen LogP contribution in [0.4, 0.5) is 0 Å². The second-order valence-electron chi connectivity index (χ2n) is 4.94. The monoisotopic (exact) mass is 291 g/mol. The molecular formula is C16H19O3S-. The third-order valence-corrected chi connectivity index (χ3v) is 3.69. The first kappa shape index (κ1) is 15.0. The molecule has 0 amide bonds. The molecule has 0 saturated carbocycles. The van der Waals surface area contributed by atoms with E-state index < -0.39 is 11.4 Å². The molecule has 0 saturated heterocycles. The van der Waals surface area contributed by atoms with Gasteiger partial charge >= 0.3 is 0 Å². The quantitative estimate of drug-likeness (QED) is 0.569. The van der Waals surface area contributed by atoms with E-state index in [1.807, 2.05) is 12.1 Å². The SMILES string of the molecule is CCCCCCc1ccc2cc(OS(=O)[O-])ccc2c1. The Morgan fingerprint density at radius 3 is 2.55 bits per heavy atom. The summed E-state index contributed by atoms with van der Waals surface area (Å²) < 4.78 is 25.7. The number of hydrogen-bond donors (Lipinski definition) is 0. The summed E-state index contributed by atoms with van der Waals surface area (Å²) in [5.74, 6) is 0.349. The maximum Gasteiger partial charge on any atom is 0.139 e. The molecule has 0 fully saturated rings. The first-order valence-electron chi connectivity index (χ1n) is 6.99. The fourth-order valence-electron chi connectivity index (χ4n) is 2.32. The summed E-state index contributed by atoms with van der Waals surface area (Å²) in [6.45, 7) is 2.21. The molecule has 0 spiro atoms. The van der Waals surface area contributed by atoms with E-state index in [-0.39, 0.29) is 0 Å². The van der Waals surface area contributed by atoms with E-state index in [9.17, 15) is 8.76 Å². The van der Waals surface area contributed by atoms with Gasteiger partial charge < -0.3 is 8.74 Å². The molecule has 0 aliphatic rings. The van der Waals surface area contributed by atoms with Crippen LogP contribution >= 0.6 is 0 Å². The highest BCUT2D eigenvalue weighted by molar-refractivity contribution is 7.74. The lowest BCUT2D eigenvalue weighted by atomic mass is 10.0. The lowest BCUT2D eigenvalue weighted by molar-refractivity contribution is 0.440.